The minimum absolute atomic E-state index is 0.316. The van der Waals surface area contributed by atoms with E-state index >= 15 is 0 Å². The molecule has 3 rings (SSSR count). The van der Waals surface area contributed by atoms with Gasteiger partial charge in [-0.1, -0.05) is 12.1 Å². The largest absolute Gasteiger partial charge is 0.451 e. The molecular formula is C16H19F3N4O. The molecule has 2 aromatic rings. The zero-order chi connectivity index (χ0) is 17.2. The molecule has 1 saturated heterocycles. The van der Waals surface area contributed by atoms with Crippen LogP contribution in [-0.4, -0.2) is 61.3 Å². The van der Waals surface area contributed by atoms with Gasteiger partial charge in [0.25, 0.3) is 0 Å². The molecule has 0 atom stereocenters. The number of rotatable bonds is 4. The molecule has 24 heavy (non-hydrogen) atoms. The fraction of sp³-hybridized carbons (Fsp3) is 0.500. The number of methoxy groups -OCH3 is 1. The Kier molecular flexibility index (Phi) is 4.86. The number of hydrogen-bond acceptors (Lipinski definition) is 5. The van der Waals surface area contributed by atoms with E-state index in [0.717, 1.165) is 19.6 Å². The molecule has 1 aliphatic heterocycles. The number of halogens is 3. The molecular weight excluding hydrogens is 321 g/mol. The lowest BCUT2D eigenvalue weighted by molar-refractivity contribution is -0.144. The van der Waals surface area contributed by atoms with E-state index in [9.17, 15) is 13.2 Å². The second kappa shape index (κ2) is 6.90. The molecule has 130 valence electrons. The molecule has 0 bridgehead atoms. The van der Waals surface area contributed by atoms with E-state index in [2.05, 4.69) is 14.9 Å². The van der Waals surface area contributed by atoms with E-state index in [0.29, 0.717) is 36.4 Å². The first-order valence-corrected chi connectivity index (χ1v) is 7.79. The number of hydrogen-bond donors (Lipinski definition) is 0. The van der Waals surface area contributed by atoms with Gasteiger partial charge in [-0.15, -0.1) is 0 Å². The number of anilines is 1. The number of aromatic nitrogens is 2. The van der Waals surface area contributed by atoms with Gasteiger partial charge in [0.2, 0.25) is 5.82 Å². The maximum Gasteiger partial charge on any atom is 0.451 e. The van der Waals surface area contributed by atoms with Gasteiger partial charge >= 0.3 is 6.18 Å². The van der Waals surface area contributed by atoms with Crippen molar-refractivity contribution in [3.05, 3.63) is 30.1 Å². The molecule has 0 amide bonds. The number of para-hydroxylation sites is 1. The van der Waals surface area contributed by atoms with Crippen molar-refractivity contribution in [2.45, 2.75) is 6.18 Å². The topological polar surface area (TPSA) is 41.5 Å². The fourth-order valence-corrected chi connectivity index (χ4v) is 2.83. The quantitative estimate of drug-likeness (QED) is 0.855. The summed E-state index contributed by atoms with van der Waals surface area (Å²) in [7, 11) is 1.65. The second-order valence-corrected chi connectivity index (χ2v) is 5.71. The normalized spacial score (nSPS) is 16.8. The first-order valence-electron chi connectivity index (χ1n) is 7.79. The summed E-state index contributed by atoms with van der Waals surface area (Å²) in [4.78, 5) is 11.6. The highest BCUT2D eigenvalue weighted by Gasteiger charge is 2.36. The lowest BCUT2D eigenvalue weighted by atomic mass is 10.2. The Morgan fingerprint density at radius 2 is 1.79 bits per heavy atom. The van der Waals surface area contributed by atoms with Crippen LogP contribution in [0.15, 0.2) is 24.3 Å². The number of ether oxygens (including phenoxy) is 1. The summed E-state index contributed by atoms with van der Waals surface area (Å²) in [5, 5.41) is 0.649. The first kappa shape index (κ1) is 16.9. The van der Waals surface area contributed by atoms with Gasteiger partial charge in [0.05, 0.1) is 12.1 Å². The van der Waals surface area contributed by atoms with Crippen molar-refractivity contribution in [1.29, 1.82) is 0 Å². The highest BCUT2D eigenvalue weighted by molar-refractivity contribution is 5.89. The van der Waals surface area contributed by atoms with E-state index < -0.39 is 12.0 Å². The third kappa shape index (κ3) is 3.59. The number of fused-ring (bicyclic) bond motifs is 1. The lowest BCUT2D eigenvalue weighted by Gasteiger charge is -2.35. The maximum absolute atomic E-state index is 13.1. The number of alkyl halides is 3. The SMILES string of the molecule is COCCN1CCN(c2nc(C(F)(F)F)nc3ccccc23)CC1. The number of benzene rings is 1. The predicted octanol–water partition coefficient (Wildman–Crippen LogP) is 2.42. The summed E-state index contributed by atoms with van der Waals surface area (Å²) < 4.78 is 44.4. The zero-order valence-corrected chi connectivity index (χ0v) is 13.4. The number of nitrogens with zero attached hydrogens (tertiary/aromatic N) is 4. The van der Waals surface area contributed by atoms with Gasteiger partial charge in [-0.3, -0.25) is 4.90 Å². The van der Waals surface area contributed by atoms with Crippen molar-refractivity contribution in [2.75, 3.05) is 51.3 Å². The Labute approximate surface area is 138 Å². The van der Waals surface area contributed by atoms with Crippen LogP contribution < -0.4 is 4.90 Å². The summed E-state index contributed by atoms with van der Waals surface area (Å²) in [6, 6.07) is 6.83. The van der Waals surface area contributed by atoms with Crippen LogP contribution in [0.25, 0.3) is 10.9 Å². The van der Waals surface area contributed by atoms with Crippen molar-refractivity contribution >= 4 is 16.7 Å². The summed E-state index contributed by atoms with van der Waals surface area (Å²) in [6.07, 6.45) is -4.56. The van der Waals surface area contributed by atoms with Crippen LogP contribution in [0.1, 0.15) is 5.82 Å². The van der Waals surface area contributed by atoms with E-state index in [1.165, 1.54) is 0 Å². The van der Waals surface area contributed by atoms with Gasteiger partial charge in [-0.25, -0.2) is 9.97 Å². The molecule has 1 fully saturated rings. The summed E-state index contributed by atoms with van der Waals surface area (Å²) in [6.45, 7) is 4.26. The van der Waals surface area contributed by atoms with Crippen LogP contribution in [0.5, 0.6) is 0 Å². The molecule has 5 nitrogen and oxygen atoms in total. The molecule has 8 heteroatoms. The van der Waals surface area contributed by atoms with Gasteiger partial charge < -0.3 is 9.64 Å². The van der Waals surface area contributed by atoms with Crippen LogP contribution in [0.3, 0.4) is 0 Å². The number of piperazine rings is 1. The molecule has 1 aromatic heterocycles. The van der Waals surface area contributed by atoms with Gasteiger partial charge in [0, 0.05) is 45.2 Å². The van der Waals surface area contributed by atoms with E-state index in [-0.39, 0.29) is 0 Å². The molecule has 0 N–H and O–H groups in total. The van der Waals surface area contributed by atoms with Gasteiger partial charge in [-0.05, 0) is 12.1 Å². The molecule has 0 saturated carbocycles. The summed E-state index contributed by atoms with van der Waals surface area (Å²) >= 11 is 0. The molecule has 0 spiro atoms. The standard InChI is InChI=1S/C16H19F3N4O/c1-24-11-10-22-6-8-23(9-7-22)14-12-4-2-3-5-13(12)20-15(21-14)16(17,18)19/h2-5H,6-11H2,1H3. The molecule has 1 aliphatic rings. The van der Waals surface area contributed by atoms with E-state index in [1.807, 2.05) is 4.90 Å². The zero-order valence-electron chi connectivity index (χ0n) is 13.4. The van der Waals surface area contributed by atoms with E-state index in [4.69, 9.17) is 4.74 Å². The van der Waals surface area contributed by atoms with Gasteiger partial charge in [0.1, 0.15) is 5.82 Å². The van der Waals surface area contributed by atoms with Crippen LogP contribution in [0, 0.1) is 0 Å². The second-order valence-electron chi connectivity index (χ2n) is 5.71. The minimum atomic E-state index is -4.56. The molecule has 0 radical (unpaired) electrons. The Hall–Kier alpha value is -1.93. The third-order valence-corrected chi connectivity index (χ3v) is 4.12. The van der Waals surface area contributed by atoms with Gasteiger partial charge in [0.15, 0.2) is 0 Å². The molecule has 0 aliphatic carbocycles. The third-order valence-electron chi connectivity index (χ3n) is 4.12. The van der Waals surface area contributed by atoms with Crippen LogP contribution in [0.4, 0.5) is 19.0 Å². The van der Waals surface area contributed by atoms with Crippen LogP contribution >= 0.6 is 0 Å². The van der Waals surface area contributed by atoms with Crippen LogP contribution in [0.2, 0.25) is 0 Å². The maximum atomic E-state index is 13.1. The summed E-state index contributed by atoms with van der Waals surface area (Å²) in [5.41, 5.74) is 0.316. The van der Waals surface area contributed by atoms with Crippen molar-refractivity contribution in [3.63, 3.8) is 0 Å². The summed E-state index contributed by atoms with van der Waals surface area (Å²) in [5.74, 6) is -0.725. The van der Waals surface area contributed by atoms with E-state index in [1.54, 1.807) is 31.4 Å². The Morgan fingerprint density at radius 1 is 1.08 bits per heavy atom. The smallest absolute Gasteiger partial charge is 0.383 e. The molecule has 0 unspecified atom stereocenters. The van der Waals surface area contributed by atoms with Gasteiger partial charge in [-0.2, -0.15) is 13.2 Å². The predicted molar refractivity (Wildman–Crippen MR) is 85.1 cm³/mol. The van der Waals surface area contributed by atoms with Crippen LogP contribution in [-0.2, 0) is 10.9 Å². The fourth-order valence-electron chi connectivity index (χ4n) is 2.83. The molecule has 1 aromatic carbocycles. The Morgan fingerprint density at radius 3 is 2.46 bits per heavy atom. The van der Waals surface area contributed by atoms with Crippen molar-refractivity contribution in [2.24, 2.45) is 0 Å². The molecule has 2 heterocycles. The Bertz CT molecular complexity index is 699. The monoisotopic (exact) mass is 340 g/mol. The Balaban J connectivity index is 1.89. The lowest BCUT2D eigenvalue weighted by Crippen LogP contribution is -2.47. The highest BCUT2D eigenvalue weighted by atomic mass is 19.4. The minimum Gasteiger partial charge on any atom is -0.383 e. The average Bonchev–Trinajstić information content (AvgIpc) is 2.58. The highest BCUT2D eigenvalue weighted by Crippen LogP contribution is 2.32. The first-order chi connectivity index (χ1) is 11.5. The van der Waals surface area contributed by atoms with Crippen molar-refractivity contribution < 1.29 is 17.9 Å². The van der Waals surface area contributed by atoms with Crippen molar-refractivity contribution in [1.82, 2.24) is 14.9 Å². The average molecular weight is 340 g/mol. The van der Waals surface area contributed by atoms with Crippen molar-refractivity contribution in [3.8, 4) is 0 Å².